The van der Waals surface area contributed by atoms with Gasteiger partial charge in [0.15, 0.2) is 0 Å². The molecule has 0 aliphatic heterocycles. The molecule has 3 nitrogen and oxygen atoms in total. The maximum atomic E-state index is 9.75. The molecule has 0 amide bonds. The molecule has 0 aliphatic rings. The van der Waals surface area contributed by atoms with Crippen molar-refractivity contribution in [2.24, 2.45) is 5.92 Å². The van der Waals surface area contributed by atoms with Crippen LogP contribution < -0.4 is 5.32 Å². The molecule has 1 aromatic carbocycles. The molecule has 3 heteroatoms. The number of ether oxygens (including phenoxy) is 1. The number of aliphatic hydroxyl groups excluding tert-OH is 1. The first kappa shape index (κ1) is 16.2. The lowest BCUT2D eigenvalue weighted by atomic mass is 10.1. The molecular formula is C16H27NO2. The second kappa shape index (κ2) is 9.96. The lowest BCUT2D eigenvalue weighted by Gasteiger charge is -2.13. The Morgan fingerprint density at radius 1 is 1.21 bits per heavy atom. The maximum Gasteiger partial charge on any atom is 0.0897 e. The molecule has 0 heterocycles. The van der Waals surface area contributed by atoms with Gasteiger partial charge in [-0.15, -0.1) is 0 Å². The van der Waals surface area contributed by atoms with Crippen molar-refractivity contribution in [1.82, 2.24) is 5.32 Å². The monoisotopic (exact) mass is 265 g/mol. The highest BCUT2D eigenvalue weighted by Gasteiger charge is 2.03. The first-order chi connectivity index (χ1) is 9.18. The van der Waals surface area contributed by atoms with E-state index in [9.17, 15) is 5.11 Å². The van der Waals surface area contributed by atoms with Crippen LogP contribution in [0.15, 0.2) is 30.3 Å². The van der Waals surface area contributed by atoms with Crippen LogP contribution >= 0.6 is 0 Å². The average molecular weight is 265 g/mol. The summed E-state index contributed by atoms with van der Waals surface area (Å²) in [7, 11) is 0. The summed E-state index contributed by atoms with van der Waals surface area (Å²) in [6.07, 6.45) is 1.96. The van der Waals surface area contributed by atoms with Gasteiger partial charge in [0.05, 0.1) is 19.3 Å². The van der Waals surface area contributed by atoms with Crippen molar-refractivity contribution >= 4 is 0 Å². The molecule has 1 aromatic rings. The van der Waals surface area contributed by atoms with Crippen molar-refractivity contribution < 1.29 is 9.84 Å². The zero-order valence-corrected chi connectivity index (χ0v) is 12.1. The zero-order chi connectivity index (χ0) is 13.9. The summed E-state index contributed by atoms with van der Waals surface area (Å²) in [5, 5.41) is 13.0. The van der Waals surface area contributed by atoms with E-state index in [1.54, 1.807) is 0 Å². The minimum atomic E-state index is -0.428. The summed E-state index contributed by atoms with van der Waals surface area (Å²) in [5.74, 6) is 0.751. The Hall–Kier alpha value is -0.900. The average Bonchev–Trinajstić information content (AvgIpc) is 2.39. The fraction of sp³-hybridized carbons (Fsp3) is 0.625. The first-order valence-corrected chi connectivity index (χ1v) is 7.19. The van der Waals surface area contributed by atoms with E-state index >= 15 is 0 Å². The number of nitrogens with one attached hydrogen (secondary N) is 1. The molecule has 0 spiro atoms. The van der Waals surface area contributed by atoms with E-state index in [0.29, 0.717) is 19.8 Å². The van der Waals surface area contributed by atoms with Crippen molar-refractivity contribution in [2.75, 3.05) is 19.7 Å². The largest absolute Gasteiger partial charge is 0.389 e. The SMILES string of the molecule is CC(C)CCCNCC(O)COCc1ccccc1. The Morgan fingerprint density at radius 3 is 2.63 bits per heavy atom. The van der Waals surface area contributed by atoms with E-state index < -0.39 is 6.10 Å². The molecule has 0 fully saturated rings. The number of benzene rings is 1. The predicted molar refractivity (Wildman–Crippen MR) is 79.0 cm³/mol. The molecule has 19 heavy (non-hydrogen) atoms. The van der Waals surface area contributed by atoms with Gasteiger partial charge in [0, 0.05) is 6.54 Å². The van der Waals surface area contributed by atoms with Gasteiger partial charge in [-0.3, -0.25) is 0 Å². The Morgan fingerprint density at radius 2 is 1.95 bits per heavy atom. The molecule has 0 aromatic heterocycles. The predicted octanol–water partition coefficient (Wildman–Crippen LogP) is 2.59. The van der Waals surface area contributed by atoms with E-state index in [0.717, 1.165) is 24.4 Å². The minimum Gasteiger partial charge on any atom is -0.389 e. The van der Waals surface area contributed by atoms with Gasteiger partial charge in [0.1, 0.15) is 0 Å². The van der Waals surface area contributed by atoms with Crippen molar-refractivity contribution in [3.05, 3.63) is 35.9 Å². The highest BCUT2D eigenvalue weighted by molar-refractivity contribution is 5.13. The first-order valence-electron chi connectivity index (χ1n) is 7.19. The van der Waals surface area contributed by atoms with Crippen LogP contribution in [0.25, 0.3) is 0 Å². The fourth-order valence-corrected chi connectivity index (χ4v) is 1.85. The van der Waals surface area contributed by atoms with Crippen LogP contribution in [0.1, 0.15) is 32.3 Å². The van der Waals surface area contributed by atoms with Crippen molar-refractivity contribution in [3.63, 3.8) is 0 Å². The molecule has 2 N–H and O–H groups in total. The van der Waals surface area contributed by atoms with E-state index in [1.807, 2.05) is 30.3 Å². The highest BCUT2D eigenvalue weighted by atomic mass is 16.5. The van der Waals surface area contributed by atoms with Gasteiger partial charge in [0.2, 0.25) is 0 Å². The Bertz CT molecular complexity index is 314. The summed E-state index contributed by atoms with van der Waals surface area (Å²) in [4.78, 5) is 0. The summed E-state index contributed by atoms with van der Waals surface area (Å²) in [6.45, 7) is 6.97. The van der Waals surface area contributed by atoms with Crippen LogP contribution in [-0.2, 0) is 11.3 Å². The van der Waals surface area contributed by atoms with Gasteiger partial charge in [-0.05, 0) is 30.9 Å². The van der Waals surface area contributed by atoms with E-state index in [1.165, 1.54) is 6.42 Å². The molecule has 1 atom stereocenters. The van der Waals surface area contributed by atoms with Crippen LogP contribution in [-0.4, -0.2) is 30.9 Å². The maximum absolute atomic E-state index is 9.75. The van der Waals surface area contributed by atoms with Gasteiger partial charge in [0.25, 0.3) is 0 Å². The van der Waals surface area contributed by atoms with Gasteiger partial charge in [-0.1, -0.05) is 44.2 Å². The quantitative estimate of drug-likeness (QED) is 0.639. The topological polar surface area (TPSA) is 41.5 Å². The highest BCUT2D eigenvalue weighted by Crippen LogP contribution is 2.02. The number of hydrogen-bond acceptors (Lipinski definition) is 3. The smallest absolute Gasteiger partial charge is 0.0897 e. The number of hydrogen-bond donors (Lipinski definition) is 2. The molecule has 1 rings (SSSR count). The third-order valence-corrected chi connectivity index (χ3v) is 2.94. The van der Waals surface area contributed by atoms with Gasteiger partial charge < -0.3 is 15.2 Å². The van der Waals surface area contributed by atoms with Gasteiger partial charge >= 0.3 is 0 Å². The Balaban J connectivity index is 1.97. The molecule has 108 valence electrons. The molecular weight excluding hydrogens is 238 g/mol. The Labute approximate surface area is 117 Å². The normalized spacial score (nSPS) is 12.8. The van der Waals surface area contributed by atoms with Crippen LogP contribution in [0.2, 0.25) is 0 Å². The van der Waals surface area contributed by atoms with Crippen LogP contribution in [0.3, 0.4) is 0 Å². The van der Waals surface area contributed by atoms with Crippen LogP contribution in [0.5, 0.6) is 0 Å². The van der Waals surface area contributed by atoms with Crippen LogP contribution in [0.4, 0.5) is 0 Å². The van der Waals surface area contributed by atoms with Crippen molar-refractivity contribution in [1.29, 1.82) is 0 Å². The summed E-state index contributed by atoms with van der Waals surface area (Å²) < 4.78 is 5.49. The third-order valence-electron chi connectivity index (χ3n) is 2.94. The molecule has 0 saturated carbocycles. The minimum absolute atomic E-state index is 0.381. The number of rotatable bonds is 10. The second-order valence-electron chi connectivity index (χ2n) is 5.39. The Kier molecular flexibility index (Phi) is 8.47. The van der Waals surface area contributed by atoms with Crippen molar-refractivity contribution in [2.45, 2.75) is 39.4 Å². The summed E-state index contributed by atoms with van der Waals surface area (Å²) in [5.41, 5.74) is 1.14. The molecule has 0 saturated heterocycles. The summed E-state index contributed by atoms with van der Waals surface area (Å²) >= 11 is 0. The van der Waals surface area contributed by atoms with Gasteiger partial charge in [-0.2, -0.15) is 0 Å². The summed E-state index contributed by atoms with van der Waals surface area (Å²) in [6, 6.07) is 10.0. The van der Waals surface area contributed by atoms with Crippen molar-refractivity contribution in [3.8, 4) is 0 Å². The molecule has 0 radical (unpaired) electrons. The molecule has 1 unspecified atom stereocenters. The molecule has 0 bridgehead atoms. The van der Waals surface area contributed by atoms with E-state index in [2.05, 4.69) is 19.2 Å². The van der Waals surface area contributed by atoms with Gasteiger partial charge in [-0.25, -0.2) is 0 Å². The standard InChI is InChI=1S/C16H27NO2/c1-14(2)7-6-10-17-11-16(18)13-19-12-15-8-4-3-5-9-15/h3-5,8-9,14,16-18H,6-7,10-13H2,1-2H3. The lowest BCUT2D eigenvalue weighted by Crippen LogP contribution is -2.31. The third kappa shape index (κ3) is 8.76. The lowest BCUT2D eigenvalue weighted by molar-refractivity contribution is 0.0289. The molecule has 0 aliphatic carbocycles. The van der Waals surface area contributed by atoms with E-state index in [4.69, 9.17) is 4.74 Å². The van der Waals surface area contributed by atoms with E-state index in [-0.39, 0.29) is 0 Å². The zero-order valence-electron chi connectivity index (χ0n) is 12.1. The second-order valence-corrected chi connectivity index (χ2v) is 5.39. The fourth-order valence-electron chi connectivity index (χ4n) is 1.85. The number of aliphatic hydroxyl groups is 1. The van der Waals surface area contributed by atoms with Crippen LogP contribution in [0, 0.1) is 5.92 Å².